The van der Waals surface area contributed by atoms with Crippen molar-refractivity contribution in [3.05, 3.63) is 23.7 Å². The predicted molar refractivity (Wildman–Crippen MR) is 70.5 cm³/mol. The Morgan fingerprint density at radius 1 is 1.22 bits per heavy atom. The molecular weight excluding hydrogens is 224 g/mol. The van der Waals surface area contributed by atoms with Gasteiger partial charge in [-0.25, -0.2) is 0 Å². The molecule has 2 atom stereocenters. The smallest absolute Gasteiger partial charge is 0.108 e. The lowest BCUT2D eigenvalue weighted by molar-refractivity contribution is 0.306. The van der Waals surface area contributed by atoms with Crippen LogP contribution in [-0.4, -0.2) is 30.1 Å². The summed E-state index contributed by atoms with van der Waals surface area (Å²) in [5, 5.41) is 3.87. The second-order valence-electron chi connectivity index (χ2n) is 6.12. The van der Waals surface area contributed by atoms with Gasteiger partial charge in [0, 0.05) is 43.2 Å². The fourth-order valence-electron chi connectivity index (χ4n) is 3.64. The highest BCUT2D eigenvalue weighted by atomic mass is 16.3. The van der Waals surface area contributed by atoms with E-state index in [-0.39, 0.29) is 0 Å². The van der Waals surface area contributed by atoms with Gasteiger partial charge in [-0.1, -0.05) is 0 Å². The van der Waals surface area contributed by atoms with Gasteiger partial charge in [-0.3, -0.25) is 4.90 Å². The van der Waals surface area contributed by atoms with Gasteiger partial charge in [0.05, 0.1) is 6.26 Å². The molecular formula is C15H22N2O. The van der Waals surface area contributed by atoms with Crippen molar-refractivity contribution in [3.8, 4) is 0 Å². The molecule has 2 heterocycles. The number of hydrogen-bond donors (Lipinski definition) is 1. The van der Waals surface area contributed by atoms with Crippen LogP contribution in [0.25, 0.3) is 0 Å². The van der Waals surface area contributed by atoms with Crippen molar-refractivity contribution in [2.24, 2.45) is 0 Å². The van der Waals surface area contributed by atoms with Crippen molar-refractivity contribution < 1.29 is 4.42 Å². The molecule has 18 heavy (non-hydrogen) atoms. The molecule has 4 rings (SSSR count). The molecule has 98 valence electrons. The molecule has 1 saturated carbocycles. The summed E-state index contributed by atoms with van der Waals surface area (Å²) in [7, 11) is 0. The van der Waals surface area contributed by atoms with Crippen molar-refractivity contribution in [1.82, 2.24) is 10.2 Å². The number of fused-ring (bicyclic) bond motifs is 1. The van der Waals surface area contributed by atoms with Gasteiger partial charge in [0.25, 0.3) is 0 Å². The maximum Gasteiger partial charge on any atom is 0.108 e. The number of furan rings is 1. The van der Waals surface area contributed by atoms with Crippen LogP contribution < -0.4 is 5.32 Å². The van der Waals surface area contributed by atoms with Crippen LogP contribution >= 0.6 is 0 Å². The van der Waals surface area contributed by atoms with Crippen LogP contribution in [0, 0.1) is 0 Å². The van der Waals surface area contributed by atoms with Crippen LogP contribution in [0.2, 0.25) is 0 Å². The van der Waals surface area contributed by atoms with Gasteiger partial charge < -0.3 is 9.73 Å². The molecule has 0 spiro atoms. The van der Waals surface area contributed by atoms with Crippen LogP contribution in [0.1, 0.15) is 49.5 Å². The Labute approximate surface area is 109 Å². The molecule has 0 aromatic carbocycles. The van der Waals surface area contributed by atoms with Crippen molar-refractivity contribution in [3.63, 3.8) is 0 Å². The van der Waals surface area contributed by atoms with Gasteiger partial charge in [-0.2, -0.15) is 0 Å². The summed E-state index contributed by atoms with van der Waals surface area (Å²) in [6, 6.07) is 4.32. The number of rotatable bonds is 3. The van der Waals surface area contributed by atoms with E-state index in [0.29, 0.717) is 12.1 Å². The largest absolute Gasteiger partial charge is 0.469 e. The Morgan fingerprint density at radius 2 is 2.17 bits per heavy atom. The summed E-state index contributed by atoms with van der Waals surface area (Å²) in [6.07, 6.45) is 9.70. The zero-order chi connectivity index (χ0) is 11.9. The quantitative estimate of drug-likeness (QED) is 0.888. The highest BCUT2D eigenvalue weighted by Gasteiger charge is 2.35. The first-order valence-corrected chi connectivity index (χ1v) is 7.46. The normalized spacial score (nSPS) is 32.7. The Balaban J connectivity index is 1.41. The first kappa shape index (κ1) is 11.1. The third-order valence-corrected chi connectivity index (χ3v) is 4.77. The van der Waals surface area contributed by atoms with E-state index in [4.69, 9.17) is 4.42 Å². The fraction of sp³-hybridized carbons (Fsp3) is 0.733. The third-order valence-electron chi connectivity index (χ3n) is 4.77. The van der Waals surface area contributed by atoms with Gasteiger partial charge in [-0.05, 0) is 38.2 Å². The first-order chi connectivity index (χ1) is 8.90. The van der Waals surface area contributed by atoms with Crippen molar-refractivity contribution in [2.45, 2.75) is 56.7 Å². The molecule has 0 radical (unpaired) electrons. The molecule has 3 aliphatic rings. The van der Waals surface area contributed by atoms with Gasteiger partial charge in [0.2, 0.25) is 0 Å². The molecule has 3 heteroatoms. The van der Waals surface area contributed by atoms with Crippen molar-refractivity contribution >= 4 is 0 Å². The number of hydrogen-bond acceptors (Lipinski definition) is 3. The van der Waals surface area contributed by atoms with Crippen LogP contribution in [0.5, 0.6) is 0 Å². The summed E-state index contributed by atoms with van der Waals surface area (Å²) >= 11 is 0. The Morgan fingerprint density at radius 3 is 3.06 bits per heavy atom. The van der Waals surface area contributed by atoms with Crippen molar-refractivity contribution in [2.75, 3.05) is 13.1 Å². The number of aryl methyl sites for hydroxylation is 1. The lowest BCUT2D eigenvalue weighted by atomic mass is 9.93. The Kier molecular flexibility index (Phi) is 2.70. The molecule has 1 saturated heterocycles. The monoisotopic (exact) mass is 246 g/mol. The van der Waals surface area contributed by atoms with Crippen LogP contribution in [0.3, 0.4) is 0 Å². The maximum absolute atomic E-state index is 5.57. The number of likely N-dealkylation sites (tertiary alicyclic amines) is 1. The zero-order valence-electron chi connectivity index (χ0n) is 10.9. The zero-order valence-corrected chi connectivity index (χ0v) is 10.9. The molecule has 2 unspecified atom stereocenters. The Hall–Kier alpha value is -0.800. The SMILES string of the molecule is c1cc2c(o1)CCCC2NC1CCN(C2CC2)C1. The standard InChI is InChI=1S/C15H22N2O/c1-2-14(13-7-9-18-15(13)3-1)16-11-6-8-17(10-11)12-4-5-12/h7,9,11-12,14,16H,1-6,8,10H2. The van der Waals surface area contributed by atoms with Crippen molar-refractivity contribution in [1.29, 1.82) is 0 Å². The molecule has 3 nitrogen and oxygen atoms in total. The van der Waals surface area contributed by atoms with E-state index in [1.54, 1.807) is 0 Å². The molecule has 1 aromatic heterocycles. The molecule has 1 N–H and O–H groups in total. The topological polar surface area (TPSA) is 28.4 Å². The van der Waals surface area contributed by atoms with E-state index in [2.05, 4.69) is 16.3 Å². The summed E-state index contributed by atoms with van der Waals surface area (Å²) in [4.78, 5) is 2.68. The lowest BCUT2D eigenvalue weighted by Gasteiger charge is -2.26. The summed E-state index contributed by atoms with van der Waals surface area (Å²) < 4.78 is 5.57. The molecule has 2 fully saturated rings. The average Bonchev–Trinajstić information content (AvgIpc) is 2.94. The molecule has 1 aromatic rings. The van der Waals surface area contributed by atoms with E-state index in [1.165, 1.54) is 56.5 Å². The lowest BCUT2D eigenvalue weighted by Crippen LogP contribution is -2.37. The van der Waals surface area contributed by atoms with Gasteiger partial charge in [0.15, 0.2) is 0 Å². The van der Waals surface area contributed by atoms with Crippen LogP contribution in [-0.2, 0) is 6.42 Å². The second-order valence-corrected chi connectivity index (χ2v) is 6.12. The minimum Gasteiger partial charge on any atom is -0.469 e. The average molecular weight is 246 g/mol. The van der Waals surface area contributed by atoms with Crippen LogP contribution in [0.4, 0.5) is 0 Å². The minimum atomic E-state index is 0.539. The highest BCUT2D eigenvalue weighted by molar-refractivity contribution is 5.24. The van der Waals surface area contributed by atoms with Gasteiger partial charge >= 0.3 is 0 Å². The summed E-state index contributed by atoms with van der Waals surface area (Å²) in [6.45, 7) is 2.56. The highest BCUT2D eigenvalue weighted by Crippen LogP contribution is 2.33. The third kappa shape index (κ3) is 1.99. The molecule has 0 bridgehead atoms. The number of nitrogens with zero attached hydrogens (tertiary/aromatic N) is 1. The fourth-order valence-corrected chi connectivity index (χ4v) is 3.64. The predicted octanol–water partition coefficient (Wildman–Crippen LogP) is 2.48. The van der Waals surface area contributed by atoms with E-state index < -0.39 is 0 Å². The summed E-state index contributed by atoms with van der Waals surface area (Å²) in [5.74, 6) is 1.22. The van der Waals surface area contributed by atoms with E-state index in [9.17, 15) is 0 Å². The minimum absolute atomic E-state index is 0.539. The molecule has 1 aliphatic heterocycles. The van der Waals surface area contributed by atoms with E-state index in [0.717, 1.165) is 12.5 Å². The number of nitrogens with one attached hydrogen (secondary N) is 1. The van der Waals surface area contributed by atoms with Gasteiger partial charge in [0.1, 0.15) is 5.76 Å². The van der Waals surface area contributed by atoms with Crippen LogP contribution in [0.15, 0.2) is 16.7 Å². The van der Waals surface area contributed by atoms with E-state index in [1.807, 2.05) is 6.26 Å². The first-order valence-electron chi connectivity index (χ1n) is 7.46. The second kappa shape index (κ2) is 4.39. The Bertz CT molecular complexity index is 424. The molecule has 2 aliphatic carbocycles. The summed E-state index contributed by atoms with van der Waals surface area (Å²) in [5.41, 5.74) is 1.42. The maximum atomic E-state index is 5.57. The van der Waals surface area contributed by atoms with Gasteiger partial charge in [-0.15, -0.1) is 0 Å². The molecule has 0 amide bonds. The van der Waals surface area contributed by atoms with E-state index >= 15 is 0 Å².